The van der Waals surface area contributed by atoms with Gasteiger partial charge in [0.05, 0.1) is 4.90 Å². The molecule has 4 N–H and O–H groups in total. The van der Waals surface area contributed by atoms with Gasteiger partial charge in [0, 0.05) is 47.5 Å². The van der Waals surface area contributed by atoms with E-state index in [1.54, 1.807) is 35.0 Å². The first-order valence-corrected chi connectivity index (χ1v) is 13.6. The van der Waals surface area contributed by atoms with Crippen molar-refractivity contribution in [1.82, 2.24) is 4.98 Å². The summed E-state index contributed by atoms with van der Waals surface area (Å²) in [6.07, 6.45) is 0. The second-order valence-corrected chi connectivity index (χ2v) is 10.9. The molecule has 0 aliphatic rings. The van der Waals surface area contributed by atoms with Crippen LogP contribution in [0.2, 0.25) is 5.02 Å². The number of primary sulfonamides is 1. The first-order chi connectivity index (χ1) is 17.0. The number of hydrogen-bond donors (Lipinski definition) is 3. The van der Waals surface area contributed by atoms with Gasteiger partial charge in [0.2, 0.25) is 21.4 Å². The van der Waals surface area contributed by atoms with Crippen molar-refractivity contribution in [1.29, 1.82) is 0 Å². The number of rotatable bonds is 4. The van der Waals surface area contributed by atoms with Gasteiger partial charge < -0.3 is 4.98 Å². The van der Waals surface area contributed by atoms with Crippen LogP contribution in [-0.4, -0.2) is 19.3 Å². The number of fused-ring (bicyclic) bond motifs is 1. The summed E-state index contributed by atoms with van der Waals surface area (Å²) in [4.78, 5) is 16.5. The third kappa shape index (κ3) is 7.25. The Labute approximate surface area is 219 Å². The first kappa shape index (κ1) is 28.5. The van der Waals surface area contributed by atoms with Gasteiger partial charge in [-0.15, -0.1) is 15.7 Å². The summed E-state index contributed by atoms with van der Waals surface area (Å²) >= 11 is 6.05. The van der Waals surface area contributed by atoms with E-state index in [2.05, 4.69) is 10.4 Å². The zero-order valence-corrected chi connectivity index (χ0v) is 22.1. The minimum atomic E-state index is -4.94. The van der Waals surface area contributed by atoms with Crippen LogP contribution in [0.15, 0.2) is 59.5 Å². The third-order valence-corrected chi connectivity index (χ3v) is 6.41. The highest BCUT2D eigenvalue weighted by atomic mass is 35.7. The van der Waals surface area contributed by atoms with Gasteiger partial charge in [-0.2, -0.15) is 0 Å². The number of pyridine rings is 1. The molecule has 2 aromatic carbocycles. The summed E-state index contributed by atoms with van der Waals surface area (Å²) in [6, 6.07) is 15.4. The lowest BCUT2D eigenvalue weighted by molar-refractivity contribution is -2.00. The Morgan fingerprint density at radius 1 is 0.973 bits per heavy atom. The summed E-state index contributed by atoms with van der Waals surface area (Å²) in [5.74, 6) is -0.372. The zero-order chi connectivity index (χ0) is 27.7. The molecule has 4 rings (SSSR count). The molecule has 0 spiro atoms. The highest BCUT2D eigenvalue weighted by Crippen LogP contribution is 2.34. The van der Waals surface area contributed by atoms with E-state index < -0.39 is 20.3 Å². The van der Waals surface area contributed by atoms with E-state index >= 15 is 0 Å². The van der Waals surface area contributed by atoms with E-state index in [4.69, 9.17) is 35.4 Å². The quantitative estimate of drug-likeness (QED) is 0.261. The lowest BCUT2D eigenvalue weighted by Crippen LogP contribution is -2.68. The fraction of sp³-hybridized carbons (Fsp3) is 0.130. The number of aromatic amines is 1. The maximum atomic E-state index is 13.4. The average molecular weight is 569 g/mol. The van der Waals surface area contributed by atoms with Crippen LogP contribution in [0.5, 0.6) is 0 Å². The number of aryl methyl sites for hydroxylation is 3. The Hall–Kier alpha value is -3.07. The third-order valence-electron chi connectivity index (χ3n) is 5.25. The molecule has 0 aliphatic heterocycles. The molecule has 0 saturated heterocycles. The number of nitrogens with one attached hydrogen (secondary N) is 2. The number of carbonyl (C=O) groups excluding carboxylic acids is 1. The molecule has 14 heteroatoms. The van der Waals surface area contributed by atoms with Gasteiger partial charge in [0.1, 0.15) is 5.69 Å². The Bertz CT molecular complexity index is 1550. The van der Waals surface area contributed by atoms with Gasteiger partial charge in [0.15, 0.2) is 0 Å². The number of amides is 1. The molecule has 0 radical (unpaired) electrons. The van der Waals surface area contributed by atoms with Crippen molar-refractivity contribution in [3.63, 3.8) is 0 Å². The fourth-order valence-electron chi connectivity index (χ4n) is 3.88. The zero-order valence-electron chi connectivity index (χ0n) is 19.7. The van der Waals surface area contributed by atoms with Crippen molar-refractivity contribution in [2.24, 2.45) is 5.14 Å². The molecule has 0 saturated carbocycles. The number of benzene rings is 2. The van der Waals surface area contributed by atoms with Crippen LogP contribution in [0.3, 0.4) is 0 Å². The second kappa shape index (κ2) is 10.7. The number of nitrogens with zero attached hydrogens (tertiary/aromatic N) is 1. The highest BCUT2D eigenvalue weighted by Gasteiger charge is 2.24. The molecule has 0 aliphatic carbocycles. The van der Waals surface area contributed by atoms with Crippen LogP contribution >= 0.6 is 11.6 Å². The molecule has 37 heavy (non-hydrogen) atoms. The van der Waals surface area contributed by atoms with Gasteiger partial charge in [0.25, 0.3) is 0 Å². The van der Waals surface area contributed by atoms with Crippen molar-refractivity contribution < 1.29 is 46.8 Å². The van der Waals surface area contributed by atoms with E-state index in [-0.39, 0.29) is 10.8 Å². The van der Waals surface area contributed by atoms with Gasteiger partial charge in [-0.3, -0.25) is 4.79 Å². The molecule has 0 bridgehead atoms. The molecule has 0 unspecified atom stereocenters. The van der Waals surface area contributed by atoms with E-state index in [0.29, 0.717) is 32.7 Å². The summed E-state index contributed by atoms with van der Waals surface area (Å²) in [6.45, 7) is 5.81. The van der Waals surface area contributed by atoms with E-state index in [1.165, 1.54) is 12.1 Å². The number of nitrogens with two attached hydrogens (primary N) is 1. The molecule has 11 nitrogen and oxygen atoms in total. The van der Waals surface area contributed by atoms with Gasteiger partial charge in [-0.05, 0) is 48.4 Å². The number of H-pyrrole nitrogens is 1. The van der Waals surface area contributed by atoms with Crippen LogP contribution in [-0.2, 0) is 10.0 Å². The van der Waals surface area contributed by atoms with E-state index in [9.17, 15) is 13.2 Å². The predicted molar refractivity (Wildman–Crippen MR) is 125 cm³/mol. The van der Waals surface area contributed by atoms with Crippen LogP contribution in [0.25, 0.3) is 22.0 Å². The monoisotopic (exact) mass is 568 g/mol. The van der Waals surface area contributed by atoms with Crippen LogP contribution in [0, 0.1) is 31.0 Å². The van der Waals surface area contributed by atoms with Crippen molar-refractivity contribution >= 4 is 38.4 Å². The summed E-state index contributed by atoms with van der Waals surface area (Å²) < 4.78 is 59.5. The predicted octanol–water partition coefficient (Wildman–Crippen LogP) is -1.02. The Balaban J connectivity index is 0.000000695. The van der Waals surface area contributed by atoms with Crippen LogP contribution in [0.4, 0.5) is 0 Å². The molecule has 2 aromatic heterocycles. The molecule has 1 amide bonds. The fourth-order valence-corrected chi connectivity index (χ4v) is 4.54. The van der Waals surface area contributed by atoms with E-state index in [0.717, 1.165) is 17.0 Å². The van der Waals surface area contributed by atoms with Crippen molar-refractivity contribution in [3.8, 4) is 11.1 Å². The second-order valence-electron chi connectivity index (χ2n) is 8.10. The largest absolute Gasteiger partial charge is 0.350 e. The summed E-state index contributed by atoms with van der Waals surface area (Å²) in [7, 11) is -8.86. The Morgan fingerprint density at radius 3 is 2.03 bits per heavy atom. The van der Waals surface area contributed by atoms with E-state index in [1.807, 2.05) is 32.9 Å². The molecular formula is C23H22Cl2N4O7S. The van der Waals surface area contributed by atoms with Gasteiger partial charge >= 0.3 is 5.91 Å². The smallest absolute Gasteiger partial charge is 0.322 e. The van der Waals surface area contributed by atoms with Gasteiger partial charge in [-0.25, -0.2) is 32.2 Å². The topological polar surface area (TPSA) is 201 Å². The number of sulfonamides is 1. The summed E-state index contributed by atoms with van der Waals surface area (Å²) in [5, 5.41) is 6.44. The van der Waals surface area contributed by atoms with Gasteiger partial charge in [-0.1, -0.05) is 28.4 Å². The molecule has 2 heterocycles. The molecular weight excluding hydrogens is 547 g/mol. The number of halogens is 2. The lowest BCUT2D eigenvalue weighted by atomic mass is 10.0. The number of aromatic nitrogens is 2. The molecule has 4 aromatic rings. The van der Waals surface area contributed by atoms with Crippen molar-refractivity contribution in [3.05, 3.63) is 82.3 Å². The van der Waals surface area contributed by atoms with Crippen LogP contribution in [0.1, 0.15) is 27.4 Å². The van der Waals surface area contributed by atoms with Crippen molar-refractivity contribution in [2.75, 3.05) is 5.43 Å². The molecule has 0 atom stereocenters. The normalized spacial score (nSPS) is 11.7. The summed E-state index contributed by atoms with van der Waals surface area (Å²) in [5.41, 5.74) is 7.93. The number of carbonyl (C=O) groups is 1. The standard InChI is InChI=1S/C23H21ClN4O3S.ClHO4/c1-13-10-14(2)28(15(3)11-13)27-23(29)22-21(16-4-6-17(24)7-5-16)19-12-18(32(25,30)31)8-9-20(19)26-22;2-1(3,4)5/h4-12H,1-3H3,(H3-,25,26,27,29,30,31);(H,2,3,4,5). The average Bonchev–Trinajstić information content (AvgIpc) is 3.14. The SMILES string of the molecule is Cc1cc(C)[n+](NC(=O)c2[nH]c3ccc(S(N)(=O)=O)cc3c2-c2ccc(Cl)cc2)c(C)c1.[O-][Cl+3]([O-])([O-])[O-]. The maximum Gasteiger partial charge on any atom is 0.322 e. The molecule has 0 fully saturated rings. The number of hydrogen-bond acceptors (Lipinski definition) is 7. The lowest BCUT2D eigenvalue weighted by Gasteiger charge is -2.17. The van der Waals surface area contributed by atoms with Crippen LogP contribution < -0.4 is 33.9 Å². The highest BCUT2D eigenvalue weighted by molar-refractivity contribution is 7.89. The Kier molecular flexibility index (Phi) is 8.27. The van der Waals surface area contributed by atoms with Crippen molar-refractivity contribution in [2.45, 2.75) is 25.7 Å². The first-order valence-electron chi connectivity index (χ1n) is 10.4. The molecule has 196 valence electrons. The minimum absolute atomic E-state index is 0.0363. The Morgan fingerprint density at radius 2 is 1.51 bits per heavy atom. The minimum Gasteiger partial charge on any atom is -0.350 e. The maximum absolute atomic E-state index is 13.4.